The Bertz CT molecular complexity index is 1020. The zero-order valence-electron chi connectivity index (χ0n) is 18.1. The molecule has 0 aromatic carbocycles. The summed E-state index contributed by atoms with van der Waals surface area (Å²) in [5, 5.41) is 3.62. The van der Waals surface area contributed by atoms with Gasteiger partial charge in [0.15, 0.2) is 5.13 Å². The predicted octanol–water partition coefficient (Wildman–Crippen LogP) is 3.84. The fraction of sp³-hybridized carbons (Fsp3) is 0.524. The second-order valence-corrected chi connectivity index (χ2v) is 12.3. The van der Waals surface area contributed by atoms with Gasteiger partial charge in [-0.1, -0.05) is 0 Å². The number of nitrogens with one attached hydrogen (secondary N) is 1. The van der Waals surface area contributed by atoms with E-state index in [9.17, 15) is 14.4 Å². The fourth-order valence-corrected chi connectivity index (χ4v) is 6.07. The number of hydrogen-bond donors (Lipinski definition) is 1. The molecule has 0 saturated carbocycles. The first kappa shape index (κ1) is 23.2. The van der Waals surface area contributed by atoms with Crippen molar-refractivity contribution in [1.82, 2.24) is 15.2 Å². The first-order chi connectivity index (χ1) is 15.1. The van der Waals surface area contributed by atoms with E-state index in [2.05, 4.69) is 21.2 Å². The molecule has 1 atom stereocenters. The number of halogens is 1. The third-order valence-electron chi connectivity index (χ3n) is 5.13. The number of ether oxygens (including phenoxy) is 1. The molecule has 2 aromatic heterocycles. The zero-order valence-corrected chi connectivity index (χ0v) is 21.4. The van der Waals surface area contributed by atoms with Gasteiger partial charge in [0, 0.05) is 43.8 Å². The van der Waals surface area contributed by atoms with Crippen molar-refractivity contribution in [3.05, 3.63) is 31.4 Å². The van der Waals surface area contributed by atoms with Crippen molar-refractivity contribution in [3.8, 4) is 0 Å². The van der Waals surface area contributed by atoms with Gasteiger partial charge in [0.2, 0.25) is 5.91 Å². The Morgan fingerprint density at radius 1 is 1.22 bits per heavy atom. The monoisotopic (exact) mass is 540 g/mol. The molecule has 0 aliphatic carbocycles. The van der Waals surface area contributed by atoms with Gasteiger partial charge in [0.1, 0.15) is 5.60 Å². The zero-order chi connectivity index (χ0) is 23.0. The van der Waals surface area contributed by atoms with Gasteiger partial charge < -0.3 is 15.0 Å². The molecule has 2 aromatic rings. The van der Waals surface area contributed by atoms with Crippen LogP contribution in [0.2, 0.25) is 0 Å². The van der Waals surface area contributed by atoms with E-state index in [1.807, 2.05) is 26.8 Å². The second kappa shape index (κ2) is 9.11. The Balaban J connectivity index is 1.37. The molecule has 4 heterocycles. The van der Waals surface area contributed by atoms with Crippen LogP contribution in [0.5, 0.6) is 0 Å². The summed E-state index contributed by atoms with van der Waals surface area (Å²) in [5.41, 5.74) is 0.404. The van der Waals surface area contributed by atoms with Crippen LogP contribution in [-0.4, -0.2) is 59.1 Å². The minimum atomic E-state index is -0.526. The second-order valence-electron chi connectivity index (χ2n) is 8.82. The van der Waals surface area contributed by atoms with Crippen LogP contribution in [0.4, 0.5) is 9.93 Å². The smallest absolute Gasteiger partial charge is 0.410 e. The highest BCUT2D eigenvalue weighted by molar-refractivity contribution is 9.11. The van der Waals surface area contributed by atoms with E-state index in [4.69, 9.17) is 9.72 Å². The van der Waals surface area contributed by atoms with Gasteiger partial charge in [-0.15, -0.1) is 22.7 Å². The number of hydrogen-bond acceptors (Lipinski definition) is 7. The summed E-state index contributed by atoms with van der Waals surface area (Å²) in [6.45, 7) is 7.08. The van der Waals surface area contributed by atoms with Gasteiger partial charge >= 0.3 is 6.09 Å². The number of amides is 3. The number of thiazole rings is 1. The summed E-state index contributed by atoms with van der Waals surface area (Å²) in [6.07, 6.45) is 1.26. The maximum Gasteiger partial charge on any atom is 0.410 e. The van der Waals surface area contributed by atoms with Crippen LogP contribution < -0.4 is 10.2 Å². The lowest BCUT2D eigenvalue weighted by Crippen LogP contribution is -2.38. The summed E-state index contributed by atoms with van der Waals surface area (Å²) >= 11 is 6.22. The van der Waals surface area contributed by atoms with Crippen LogP contribution in [-0.2, 0) is 22.4 Å². The molecular weight excluding hydrogens is 516 g/mol. The fourth-order valence-electron chi connectivity index (χ4n) is 3.66. The average molecular weight is 541 g/mol. The van der Waals surface area contributed by atoms with E-state index in [1.165, 1.54) is 22.7 Å². The van der Waals surface area contributed by atoms with Crippen LogP contribution >= 0.6 is 38.6 Å². The number of thiophene rings is 1. The van der Waals surface area contributed by atoms with Crippen molar-refractivity contribution in [1.29, 1.82) is 0 Å². The molecule has 172 valence electrons. The number of fused-ring (bicyclic) bond motifs is 1. The van der Waals surface area contributed by atoms with E-state index in [-0.39, 0.29) is 30.4 Å². The standard InChI is InChI=1S/C21H25BrN4O4S2/c1-21(2,3)30-20(29)25-8-6-13-14(7-9-25)32-19(24-13)26-11-12(10-17(26)27)23-18(28)15-4-5-16(22)31-15/h4-5,12H,6-11H2,1-3H3,(H,23,28)/t12-/m1/s1. The van der Waals surface area contributed by atoms with E-state index in [0.29, 0.717) is 42.5 Å². The molecule has 0 radical (unpaired) electrons. The number of anilines is 1. The van der Waals surface area contributed by atoms with Gasteiger partial charge in [-0.2, -0.15) is 0 Å². The van der Waals surface area contributed by atoms with E-state index in [0.717, 1.165) is 14.4 Å². The van der Waals surface area contributed by atoms with E-state index >= 15 is 0 Å². The highest BCUT2D eigenvalue weighted by atomic mass is 79.9. The first-order valence-electron chi connectivity index (χ1n) is 10.4. The third kappa shape index (κ3) is 5.32. The molecule has 3 amide bonds. The predicted molar refractivity (Wildman–Crippen MR) is 128 cm³/mol. The summed E-state index contributed by atoms with van der Waals surface area (Å²) in [7, 11) is 0. The summed E-state index contributed by atoms with van der Waals surface area (Å²) in [6, 6.07) is 3.34. The SMILES string of the molecule is CC(C)(C)OC(=O)N1CCc2nc(N3C[C@H](NC(=O)c4ccc(Br)s4)CC3=O)sc2CC1. The minimum Gasteiger partial charge on any atom is -0.444 e. The van der Waals surface area contributed by atoms with Gasteiger partial charge in [0.25, 0.3) is 5.91 Å². The van der Waals surface area contributed by atoms with Gasteiger partial charge in [-0.25, -0.2) is 9.78 Å². The molecule has 2 aliphatic heterocycles. The molecule has 1 saturated heterocycles. The number of aromatic nitrogens is 1. The quantitative estimate of drug-likeness (QED) is 0.638. The number of carbonyl (C=O) groups is 3. The molecule has 0 unspecified atom stereocenters. The number of rotatable bonds is 3. The maximum atomic E-state index is 12.6. The Hall–Kier alpha value is -1.98. The lowest BCUT2D eigenvalue weighted by atomic mass is 10.2. The molecule has 32 heavy (non-hydrogen) atoms. The van der Waals surface area contributed by atoms with Crippen molar-refractivity contribution >= 4 is 61.6 Å². The first-order valence-corrected chi connectivity index (χ1v) is 12.8. The Labute approximate surface area is 203 Å². The Morgan fingerprint density at radius 3 is 2.66 bits per heavy atom. The molecule has 0 bridgehead atoms. The Morgan fingerprint density at radius 2 is 1.97 bits per heavy atom. The van der Waals surface area contributed by atoms with Crippen molar-refractivity contribution < 1.29 is 19.1 Å². The Kier molecular flexibility index (Phi) is 6.60. The summed E-state index contributed by atoms with van der Waals surface area (Å²) in [4.78, 5) is 47.2. The van der Waals surface area contributed by atoms with Crippen molar-refractivity contribution in [2.45, 2.75) is 51.7 Å². The lowest BCUT2D eigenvalue weighted by Gasteiger charge is -2.26. The largest absolute Gasteiger partial charge is 0.444 e. The van der Waals surface area contributed by atoms with E-state index in [1.54, 1.807) is 15.9 Å². The van der Waals surface area contributed by atoms with Crippen LogP contribution in [0, 0.1) is 0 Å². The molecule has 0 spiro atoms. The highest BCUT2D eigenvalue weighted by Crippen LogP contribution is 2.32. The van der Waals surface area contributed by atoms with Gasteiger partial charge in [-0.05, 0) is 48.8 Å². The maximum absolute atomic E-state index is 12.6. The van der Waals surface area contributed by atoms with E-state index < -0.39 is 5.60 Å². The molecule has 1 fully saturated rings. The van der Waals surface area contributed by atoms with Crippen molar-refractivity contribution in [2.24, 2.45) is 0 Å². The van der Waals surface area contributed by atoms with Crippen LogP contribution in [0.3, 0.4) is 0 Å². The molecule has 8 nitrogen and oxygen atoms in total. The molecular formula is C21H25BrN4O4S2. The third-order valence-corrected chi connectivity index (χ3v) is 7.94. The molecule has 1 N–H and O–H groups in total. The normalized spacial score (nSPS) is 19.0. The minimum absolute atomic E-state index is 0.0399. The summed E-state index contributed by atoms with van der Waals surface area (Å²) in [5.74, 6) is -0.209. The van der Waals surface area contributed by atoms with Crippen LogP contribution in [0.25, 0.3) is 0 Å². The molecule has 11 heteroatoms. The average Bonchev–Trinajstić information content (AvgIpc) is 3.36. The van der Waals surface area contributed by atoms with Crippen molar-refractivity contribution in [3.63, 3.8) is 0 Å². The lowest BCUT2D eigenvalue weighted by molar-refractivity contribution is -0.117. The molecule has 2 aliphatic rings. The van der Waals surface area contributed by atoms with Gasteiger partial charge in [-0.3, -0.25) is 14.5 Å². The van der Waals surface area contributed by atoms with Crippen molar-refractivity contribution in [2.75, 3.05) is 24.5 Å². The molecule has 4 rings (SSSR count). The number of nitrogens with zero attached hydrogens (tertiary/aromatic N) is 3. The number of carbonyl (C=O) groups excluding carboxylic acids is 3. The topological polar surface area (TPSA) is 91.8 Å². The van der Waals surface area contributed by atoms with Crippen LogP contribution in [0.15, 0.2) is 15.9 Å². The highest BCUT2D eigenvalue weighted by Gasteiger charge is 2.35. The van der Waals surface area contributed by atoms with Crippen LogP contribution in [0.1, 0.15) is 47.4 Å². The summed E-state index contributed by atoms with van der Waals surface area (Å²) < 4.78 is 6.37. The van der Waals surface area contributed by atoms with Gasteiger partial charge in [0.05, 0.1) is 20.4 Å².